The fraction of sp³-hybridized carbons (Fsp3) is 0.143. The van der Waals surface area contributed by atoms with Crippen LogP contribution in [0.15, 0.2) is 66.7 Å². The van der Waals surface area contributed by atoms with Crippen molar-refractivity contribution in [2.75, 3.05) is 5.32 Å². The first-order valence-corrected chi connectivity index (χ1v) is 8.82. The van der Waals surface area contributed by atoms with Gasteiger partial charge in [0.2, 0.25) is 0 Å². The van der Waals surface area contributed by atoms with Gasteiger partial charge in [-0.25, -0.2) is 0 Å². The molecular weight excluding hydrogens is 353 g/mol. The number of hydrogen-bond donors (Lipinski definition) is 1. The molecule has 1 N–H and O–H groups in total. The number of benzene rings is 3. The van der Waals surface area contributed by atoms with E-state index >= 15 is 0 Å². The highest BCUT2D eigenvalue weighted by atomic mass is 35.5. The van der Waals surface area contributed by atoms with Gasteiger partial charge in [0.15, 0.2) is 0 Å². The van der Waals surface area contributed by atoms with Gasteiger partial charge < -0.3 is 10.1 Å². The standard InChI is InChI=1S/C21H19Cl2NO/c1-15-9-10-18(12-21(15)23)24-13-16-5-4-7-19(11-16)25-14-17-6-2-3-8-20(17)22/h2-12,24H,13-14H2,1H3. The number of hydrogen-bond acceptors (Lipinski definition) is 2. The maximum atomic E-state index is 6.16. The summed E-state index contributed by atoms with van der Waals surface area (Å²) in [6.07, 6.45) is 0. The lowest BCUT2D eigenvalue weighted by Gasteiger charge is -2.11. The Kier molecular flexibility index (Phi) is 5.85. The minimum Gasteiger partial charge on any atom is -0.489 e. The molecule has 0 unspecified atom stereocenters. The van der Waals surface area contributed by atoms with Gasteiger partial charge in [0, 0.05) is 27.8 Å². The van der Waals surface area contributed by atoms with Crippen molar-refractivity contribution in [1.29, 1.82) is 0 Å². The largest absolute Gasteiger partial charge is 0.489 e. The van der Waals surface area contributed by atoms with E-state index in [1.807, 2.05) is 67.6 Å². The normalized spacial score (nSPS) is 10.5. The highest BCUT2D eigenvalue weighted by Crippen LogP contribution is 2.22. The number of ether oxygens (including phenoxy) is 1. The third-order valence-electron chi connectivity index (χ3n) is 3.92. The van der Waals surface area contributed by atoms with E-state index in [1.54, 1.807) is 0 Å². The molecular formula is C21H19Cl2NO. The van der Waals surface area contributed by atoms with Crippen LogP contribution in [-0.4, -0.2) is 0 Å². The molecule has 3 rings (SSSR count). The topological polar surface area (TPSA) is 21.3 Å². The summed E-state index contributed by atoms with van der Waals surface area (Å²) in [6.45, 7) is 3.14. The summed E-state index contributed by atoms with van der Waals surface area (Å²) in [4.78, 5) is 0. The Balaban J connectivity index is 1.61. The molecule has 2 nitrogen and oxygen atoms in total. The lowest BCUT2D eigenvalue weighted by atomic mass is 10.2. The molecule has 0 aliphatic heterocycles. The zero-order valence-corrected chi connectivity index (χ0v) is 15.4. The van der Waals surface area contributed by atoms with Crippen molar-refractivity contribution in [2.45, 2.75) is 20.1 Å². The molecule has 3 aromatic carbocycles. The fourth-order valence-corrected chi connectivity index (χ4v) is 2.80. The van der Waals surface area contributed by atoms with E-state index in [2.05, 4.69) is 11.4 Å². The maximum absolute atomic E-state index is 6.16. The lowest BCUT2D eigenvalue weighted by Crippen LogP contribution is -2.01. The summed E-state index contributed by atoms with van der Waals surface area (Å²) in [7, 11) is 0. The van der Waals surface area contributed by atoms with Crippen LogP contribution in [0.1, 0.15) is 16.7 Å². The average Bonchev–Trinajstić information content (AvgIpc) is 2.62. The fourth-order valence-electron chi connectivity index (χ4n) is 2.43. The van der Waals surface area contributed by atoms with Crippen LogP contribution in [0.25, 0.3) is 0 Å². The van der Waals surface area contributed by atoms with Crippen LogP contribution in [0.2, 0.25) is 10.0 Å². The number of rotatable bonds is 6. The van der Waals surface area contributed by atoms with E-state index in [-0.39, 0.29) is 0 Å². The van der Waals surface area contributed by atoms with Gasteiger partial charge in [-0.05, 0) is 48.4 Å². The highest BCUT2D eigenvalue weighted by Gasteiger charge is 2.02. The average molecular weight is 372 g/mol. The zero-order valence-electron chi connectivity index (χ0n) is 13.9. The summed E-state index contributed by atoms with van der Waals surface area (Å²) in [5, 5.41) is 4.86. The quantitative estimate of drug-likeness (QED) is 0.534. The van der Waals surface area contributed by atoms with Crippen molar-refractivity contribution in [3.05, 3.63) is 93.5 Å². The van der Waals surface area contributed by atoms with Gasteiger partial charge in [-0.15, -0.1) is 0 Å². The van der Waals surface area contributed by atoms with Gasteiger partial charge >= 0.3 is 0 Å². The molecule has 0 atom stereocenters. The molecule has 0 aromatic heterocycles. The molecule has 0 aliphatic carbocycles. The predicted molar refractivity (Wildman–Crippen MR) is 106 cm³/mol. The third kappa shape index (κ3) is 4.91. The summed E-state index contributed by atoms with van der Waals surface area (Å²) < 4.78 is 5.87. The van der Waals surface area contributed by atoms with Crippen LogP contribution in [0.5, 0.6) is 5.75 Å². The third-order valence-corrected chi connectivity index (χ3v) is 4.70. The minimum absolute atomic E-state index is 0.449. The minimum atomic E-state index is 0.449. The Morgan fingerprint density at radius 1 is 0.880 bits per heavy atom. The van der Waals surface area contributed by atoms with E-state index in [1.165, 1.54) is 0 Å². The van der Waals surface area contributed by atoms with Gasteiger partial charge in [-0.3, -0.25) is 0 Å². The molecule has 3 aromatic rings. The Hall–Kier alpha value is -2.16. The number of anilines is 1. The molecule has 0 saturated heterocycles. The van der Waals surface area contributed by atoms with Crippen LogP contribution in [0.4, 0.5) is 5.69 Å². The number of halogens is 2. The Morgan fingerprint density at radius 3 is 2.52 bits per heavy atom. The van der Waals surface area contributed by atoms with Gasteiger partial charge in [-0.2, -0.15) is 0 Å². The predicted octanol–water partition coefficient (Wildman–Crippen LogP) is 6.49. The van der Waals surface area contributed by atoms with Crippen LogP contribution in [-0.2, 0) is 13.2 Å². The molecule has 128 valence electrons. The summed E-state index contributed by atoms with van der Waals surface area (Å²) >= 11 is 12.3. The molecule has 0 fully saturated rings. The molecule has 0 spiro atoms. The van der Waals surface area contributed by atoms with E-state index in [9.17, 15) is 0 Å². The second kappa shape index (κ2) is 8.28. The second-order valence-electron chi connectivity index (χ2n) is 5.85. The van der Waals surface area contributed by atoms with Crippen molar-refractivity contribution >= 4 is 28.9 Å². The molecule has 25 heavy (non-hydrogen) atoms. The molecule has 0 heterocycles. The first kappa shape index (κ1) is 17.7. The van der Waals surface area contributed by atoms with E-state index in [0.717, 1.165) is 38.2 Å². The van der Waals surface area contributed by atoms with Gasteiger partial charge in [0.1, 0.15) is 12.4 Å². The van der Waals surface area contributed by atoms with Crippen LogP contribution in [0, 0.1) is 6.92 Å². The molecule has 0 radical (unpaired) electrons. The van der Waals surface area contributed by atoms with Crippen molar-refractivity contribution in [3.8, 4) is 5.75 Å². The summed E-state index contributed by atoms with van der Waals surface area (Å²) in [5.74, 6) is 0.821. The summed E-state index contributed by atoms with van der Waals surface area (Å²) in [6, 6.07) is 21.7. The highest BCUT2D eigenvalue weighted by molar-refractivity contribution is 6.31. The molecule has 0 saturated carbocycles. The second-order valence-corrected chi connectivity index (χ2v) is 6.66. The molecule has 0 amide bonds. The smallest absolute Gasteiger partial charge is 0.120 e. The first-order valence-electron chi connectivity index (χ1n) is 8.07. The summed E-state index contributed by atoms with van der Waals surface area (Å²) in [5.41, 5.74) is 4.18. The van der Waals surface area contributed by atoms with Gasteiger partial charge in [0.25, 0.3) is 0 Å². The van der Waals surface area contributed by atoms with Crippen LogP contribution in [0.3, 0.4) is 0 Å². The van der Waals surface area contributed by atoms with Crippen molar-refractivity contribution in [2.24, 2.45) is 0 Å². The van der Waals surface area contributed by atoms with E-state index in [4.69, 9.17) is 27.9 Å². The van der Waals surface area contributed by atoms with Crippen LogP contribution < -0.4 is 10.1 Å². The van der Waals surface area contributed by atoms with Gasteiger partial charge in [-0.1, -0.05) is 59.6 Å². The molecule has 0 bridgehead atoms. The zero-order chi connectivity index (χ0) is 17.6. The maximum Gasteiger partial charge on any atom is 0.120 e. The van der Waals surface area contributed by atoms with Crippen molar-refractivity contribution < 1.29 is 4.74 Å². The number of aryl methyl sites for hydroxylation is 1. The molecule has 4 heteroatoms. The van der Waals surface area contributed by atoms with E-state index in [0.29, 0.717) is 13.2 Å². The Labute approximate surface area is 158 Å². The van der Waals surface area contributed by atoms with E-state index < -0.39 is 0 Å². The van der Waals surface area contributed by atoms with Crippen molar-refractivity contribution in [3.63, 3.8) is 0 Å². The van der Waals surface area contributed by atoms with Crippen molar-refractivity contribution in [1.82, 2.24) is 0 Å². The SMILES string of the molecule is Cc1ccc(NCc2cccc(OCc3ccccc3Cl)c2)cc1Cl. The lowest BCUT2D eigenvalue weighted by molar-refractivity contribution is 0.306. The monoisotopic (exact) mass is 371 g/mol. The number of nitrogens with one attached hydrogen (secondary N) is 1. The van der Waals surface area contributed by atoms with Crippen LogP contribution >= 0.6 is 23.2 Å². The first-order chi connectivity index (χ1) is 12.1. The Bertz CT molecular complexity index is 864. The molecule has 0 aliphatic rings. The van der Waals surface area contributed by atoms with Gasteiger partial charge in [0.05, 0.1) is 0 Å². The Morgan fingerprint density at radius 2 is 1.72 bits per heavy atom.